The van der Waals surface area contributed by atoms with Crippen LogP contribution in [0, 0.1) is 0 Å². The summed E-state index contributed by atoms with van der Waals surface area (Å²) in [5, 5.41) is 12.6. The minimum atomic E-state index is 0.257. The number of hydrogen-bond acceptors (Lipinski definition) is 2. The van der Waals surface area contributed by atoms with Crippen LogP contribution in [0.5, 0.6) is 0 Å². The maximum Gasteiger partial charge on any atom is 0.0558 e. The summed E-state index contributed by atoms with van der Waals surface area (Å²) in [6.45, 7) is 2.94. The predicted octanol–water partition coefficient (Wildman–Crippen LogP) is -1.10. The zero-order valence-electron chi connectivity index (χ0n) is 5.75. The van der Waals surface area contributed by atoms with Crippen molar-refractivity contribution >= 4 is 0 Å². The van der Waals surface area contributed by atoms with Crippen molar-refractivity contribution in [3.8, 4) is 0 Å². The summed E-state index contributed by atoms with van der Waals surface area (Å²) in [4.78, 5) is 2.15. The molecule has 1 aliphatic rings. The second-order valence-corrected chi connectivity index (χ2v) is 2.45. The van der Waals surface area contributed by atoms with Gasteiger partial charge in [-0.05, 0) is 7.05 Å². The Balaban J connectivity index is 2.08. The smallest absolute Gasteiger partial charge is 0.0558 e. The molecule has 0 aromatic carbocycles. The molecule has 1 N–H and O–H groups in total. The second kappa shape index (κ2) is 3.15. The quantitative estimate of drug-likeness (QED) is 0.525. The van der Waals surface area contributed by atoms with Gasteiger partial charge >= 0.3 is 0 Å². The first-order valence-electron chi connectivity index (χ1n) is 3.29. The largest absolute Gasteiger partial charge is 0.395 e. The normalized spacial score (nSPS) is 20.3. The van der Waals surface area contributed by atoms with E-state index in [1.165, 1.54) is 0 Å². The van der Waals surface area contributed by atoms with Crippen LogP contribution in [0.1, 0.15) is 0 Å². The third-order valence-electron chi connectivity index (χ3n) is 1.76. The molecular weight excluding hydrogens is 116 g/mol. The molecule has 0 unspecified atom stereocenters. The highest BCUT2D eigenvalue weighted by Gasteiger charge is 2.21. The first kappa shape index (κ1) is 6.99. The highest BCUT2D eigenvalue weighted by atomic mass is 16.3. The Morgan fingerprint density at radius 1 is 1.67 bits per heavy atom. The molecule has 0 amide bonds. The number of rotatable bonds is 3. The third-order valence-corrected chi connectivity index (χ3v) is 1.76. The molecule has 1 heterocycles. The second-order valence-electron chi connectivity index (χ2n) is 2.45. The number of aliphatic hydroxyl groups is 1. The Kier molecular flexibility index (Phi) is 2.45. The van der Waals surface area contributed by atoms with Crippen molar-refractivity contribution in [1.29, 1.82) is 0 Å². The summed E-state index contributed by atoms with van der Waals surface area (Å²) in [7, 11) is 2.02. The molecule has 0 atom stereocenters. The van der Waals surface area contributed by atoms with Gasteiger partial charge in [0.25, 0.3) is 0 Å². The lowest BCUT2D eigenvalue weighted by atomic mass is 10.1. The fourth-order valence-corrected chi connectivity index (χ4v) is 0.864. The molecule has 3 nitrogen and oxygen atoms in total. The van der Waals surface area contributed by atoms with Crippen LogP contribution in [0.4, 0.5) is 0 Å². The van der Waals surface area contributed by atoms with Crippen molar-refractivity contribution in [2.75, 3.05) is 33.3 Å². The minimum absolute atomic E-state index is 0.257. The third kappa shape index (κ3) is 1.64. The maximum atomic E-state index is 8.53. The van der Waals surface area contributed by atoms with Crippen molar-refractivity contribution < 1.29 is 5.11 Å². The lowest BCUT2D eigenvalue weighted by Crippen LogP contribution is -2.52. The minimum Gasteiger partial charge on any atom is -0.395 e. The van der Waals surface area contributed by atoms with Gasteiger partial charge in [-0.25, -0.2) is 5.32 Å². The summed E-state index contributed by atoms with van der Waals surface area (Å²) in [5.41, 5.74) is 0. The molecule has 53 valence electrons. The fraction of sp³-hybridized carbons (Fsp3) is 1.00. The van der Waals surface area contributed by atoms with Crippen LogP contribution in [0.15, 0.2) is 0 Å². The van der Waals surface area contributed by atoms with Gasteiger partial charge < -0.3 is 5.11 Å². The van der Waals surface area contributed by atoms with Crippen LogP contribution in [0.3, 0.4) is 0 Å². The van der Waals surface area contributed by atoms with Crippen molar-refractivity contribution in [2.24, 2.45) is 0 Å². The number of nitrogens with zero attached hydrogens (tertiary/aromatic N) is 2. The van der Waals surface area contributed by atoms with E-state index in [4.69, 9.17) is 5.11 Å². The van der Waals surface area contributed by atoms with Crippen LogP contribution < -0.4 is 5.32 Å². The predicted molar refractivity (Wildman–Crippen MR) is 35.4 cm³/mol. The van der Waals surface area contributed by atoms with E-state index in [0.717, 1.165) is 19.6 Å². The standard InChI is InChI=1S/C6H13N2O/c1-8(2-3-9)6-4-7-5-6/h6,9H,2-5H2,1H3. The van der Waals surface area contributed by atoms with Crippen molar-refractivity contribution in [1.82, 2.24) is 10.2 Å². The van der Waals surface area contributed by atoms with E-state index in [9.17, 15) is 0 Å². The van der Waals surface area contributed by atoms with Gasteiger partial charge in [0, 0.05) is 25.7 Å². The van der Waals surface area contributed by atoms with Gasteiger partial charge in [-0.2, -0.15) is 0 Å². The first-order valence-corrected chi connectivity index (χ1v) is 3.29. The molecule has 1 rings (SSSR count). The van der Waals surface area contributed by atoms with Gasteiger partial charge in [0.2, 0.25) is 0 Å². The molecule has 1 radical (unpaired) electrons. The van der Waals surface area contributed by atoms with Gasteiger partial charge in [0.05, 0.1) is 6.61 Å². The Labute approximate surface area is 55.7 Å². The van der Waals surface area contributed by atoms with E-state index in [2.05, 4.69) is 10.2 Å². The molecule has 1 fully saturated rings. The Bertz CT molecular complexity index is 83.1. The van der Waals surface area contributed by atoms with E-state index < -0.39 is 0 Å². The molecule has 0 saturated carbocycles. The number of aliphatic hydroxyl groups excluding tert-OH is 1. The van der Waals surface area contributed by atoms with E-state index in [1.807, 2.05) is 7.05 Å². The van der Waals surface area contributed by atoms with Crippen LogP contribution >= 0.6 is 0 Å². The van der Waals surface area contributed by atoms with Crippen LogP contribution in [0.25, 0.3) is 0 Å². The zero-order valence-corrected chi connectivity index (χ0v) is 5.75. The maximum absolute atomic E-state index is 8.53. The molecule has 0 bridgehead atoms. The van der Waals surface area contributed by atoms with Crippen LogP contribution in [-0.2, 0) is 0 Å². The number of likely N-dealkylation sites (N-methyl/N-ethyl adjacent to an activating group) is 1. The van der Waals surface area contributed by atoms with Crippen molar-refractivity contribution in [3.63, 3.8) is 0 Å². The van der Waals surface area contributed by atoms with Gasteiger partial charge in [0.15, 0.2) is 0 Å². The SMILES string of the molecule is CN(CCO)C1C[N]C1. The average Bonchev–Trinajstić information content (AvgIpc) is 1.60. The monoisotopic (exact) mass is 129 g/mol. The lowest BCUT2D eigenvalue weighted by molar-refractivity contribution is 0.141. The zero-order chi connectivity index (χ0) is 6.69. The van der Waals surface area contributed by atoms with Crippen LogP contribution in [-0.4, -0.2) is 49.3 Å². The Morgan fingerprint density at radius 3 is 2.67 bits per heavy atom. The topological polar surface area (TPSA) is 37.6 Å². The summed E-state index contributed by atoms with van der Waals surface area (Å²) < 4.78 is 0. The van der Waals surface area contributed by atoms with E-state index in [1.54, 1.807) is 0 Å². The lowest BCUT2D eigenvalue weighted by Gasteiger charge is -2.33. The molecule has 0 spiro atoms. The fourth-order valence-electron chi connectivity index (χ4n) is 0.864. The van der Waals surface area contributed by atoms with Gasteiger partial charge in [-0.15, -0.1) is 0 Å². The summed E-state index contributed by atoms with van der Waals surface area (Å²) in [6, 6.07) is 0.608. The molecule has 0 aliphatic carbocycles. The van der Waals surface area contributed by atoms with Gasteiger partial charge in [-0.1, -0.05) is 0 Å². The van der Waals surface area contributed by atoms with Gasteiger partial charge in [0.1, 0.15) is 0 Å². The Morgan fingerprint density at radius 2 is 2.33 bits per heavy atom. The average molecular weight is 129 g/mol. The van der Waals surface area contributed by atoms with Crippen LogP contribution in [0.2, 0.25) is 0 Å². The first-order chi connectivity index (χ1) is 4.34. The van der Waals surface area contributed by atoms with Crippen molar-refractivity contribution in [2.45, 2.75) is 6.04 Å². The highest BCUT2D eigenvalue weighted by Crippen LogP contribution is 2.01. The highest BCUT2D eigenvalue weighted by molar-refractivity contribution is 4.81. The molecule has 1 aliphatic heterocycles. The molecular formula is C6H13N2O. The molecule has 1 saturated heterocycles. The summed E-state index contributed by atoms with van der Waals surface area (Å²) in [5.74, 6) is 0. The summed E-state index contributed by atoms with van der Waals surface area (Å²) in [6.07, 6.45) is 0. The van der Waals surface area contributed by atoms with E-state index >= 15 is 0 Å². The van der Waals surface area contributed by atoms with Crippen molar-refractivity contribution in [3.05, 3.63) is 0 Å². The molecule has 0 aromatic rings. The summed E-state index contributed by atoms with van der Waals surface area (Å²) >= 11 is 0. The van der Waals surface area contributed by atoms with Gasteiger partial charge in [-0.3, -0.25) is 4.90 Å². The Hall–Kier alpha value is -0.120. The molecule has 3 heteroatoms. The van der Waals surface area contributed by atoms with E-state index in [-0.39, 0.29) is 6.61 Å². The number of hydrogen-bond donors (Lipinski definition) is 1. The van der Waals surface area contributed by atoms with E-state index in [0.29, 0.717) is 6.04 Å². The molecule has 0 aromatic heterocycles. The molecule has 9 heavy (non-hydrogen) atoms.